The highest BCUT2D eigenvalue weighted by atomic mass is 35.5. The maximum atomic E-state index is 11.9. The molecule has 1 heterocycles. The number of carbonyl (C=O) groups is 1. The summed E-state index contributed by atoms with van der Waals surface area (Å²) in [6.45, 7) is 4.93. The van der Waals surface area contributed by atoms with Crippen molar-refractivity contribution in [1.82, 2.24) is 4.90 Å². The number of hydrogen-bond donors (Lipinski definition) is 2. The van der Waals surface area contributed by atoms with Crippen LogP contribution in [0, 0.1) is 0 Å². The van der Waals surface area contributed by atoms with Crippen molar-refractivity contribution < 1.29 is 4.79 Å². The first kappa shape index (κ1) is 14.0. The van der Waals surface area contributed by atoms with Crippen molar-refractivity contribution in [3.8, 4) is 0 Å². The summed E-state index contributed by atoms with van der Waals surface area (Å²) in [5.74, 6) is 0.216. The van der Waals surface area contributed by atoms with Crippen LogP contribution in [0.15, 0.2) is 18.2 Å². The van der Waals surface area contributed by atoms with Crippen LogP contribution in [0.5, 0.6) is 0 Å². The lowest BCUT2D eigenvalue weighted by molar-refractivity contribution is -0.129. The molecule has 2 atom stereocenters. The second kappa shape index (κ2) is 5.70. The average molecular weight is 282 g/mol. The molecule has 1 saturated heterocycles. The fraction of sp³-hybridized carbons (Fsp3) is 0.500. The molecule has 4 nitrogen and oxygen atoms in total. The summed E-state index contributed by atoms with van der Waals surface area (Å²) in [4.78, 5) is 13.9. The molecule has 104 valence electrons. The third kappa shape index (κ3) is 3.13. The summed E-state index contributed by atoms with van der Waals surface area (Å²) in [5, 5.41) is 3.88. The molecule has 0 spiro atoms. The zero-order valence-electron chi connectivity index (χ0n) is 11.3. The van der Waals surface area contributed by atoms with Gasteiger partial charge in [-0.1, -0.05) is 18.5 Å². The minimum absolute atomic E-state index is 0.140. The van der Waals surface area contributed by atoms with Gasteiger partial charge in [0.05, 0.1) is 16.8 Å². The molecule has 0 bridgehead atoms. The van der Waals surface area contributed by atoms with Crippen molar-refractivity contribution in [2.24, 2.45) is 0 Å². The molecule has 3 N–H and O–H groups in total. The predicted molar refractivity (Wildman–Crippen MR) is 79.4 cm³/mol. The summed E-state index contributed by atoms with van der Waals surface area (Å²) in [6.07, 6.45) is 1.51. The molecule has 0 aliphatic carbocycles. The molecular weight excluding hydrogens is 262 g/mol. The van der Waals surface area contributed by atoms with E-state index in [4.69, 9.17) is 17.3 Å². The molecule has 0 saturated carbocycles. The van der Waals surface area contributed by atoms with E-state index in [1.54, 1.807) is 12.1 Å². The van der Waals surface area contributed by atoms with Crippen molar-refractivity contribution in [3.05, 3.63) is 23.2 Å². The van der Waals surface area contributed by atoms with Gasteiger partial charge in [-0.05, 0) is 31.5 Å². The number of nitrogen functional groups attached to an aromatic ring is 1. The first-order valence-corrected chi connectivity index (χ1v) is 7.00. The van der Waals surface area contributed by atoms with Crippen molar-refractivity contribution in [3.63, 3.8) is 0 Å². The Morgan fingerprint density at radius 3 is 2.95 bits per heavy atom. The Bertz CT molecular complexity index is 478. The van der Waals surface area contributed by atoms with Gasteiger partial charge in [0.25, 0.3) is 0 Å². The molecule has 1 amide bonds. The molecule has 1 fully saturated rings. The summed E-state index contributed by atoms with van der Waals surface area (Å²) in [6, 6.07) is 5.90. The summed E-state index contributed by atoms with van der Waals surface area (Å²) in [5.41, 5.74) is 7.15. The van der Waals surface area contributed by atoms with Crippen molar-refractivity contribution in [2.45, 2.75) is 38.8 Å². The fourth-order valence-corrected chi connectivity index (χ4v) is 2.51. The van der Waals surface area contributed by atoms with Crippen LogP contribution < -0.4 is 11.1 Å². The quantitative estimate of drug-likeness (QED) is 0.835. The Labute approximate surface area is 118 Å². The molecule has 1 aliphatic rings. The van der Waals surface area contributed by atoms with Crippen LogP contribution in [0.3, 0.4) is 0 Å². The van der Waals surface area contributed by atoms with E-state index in [2.05, 4.69) is 19.2 Å². The van der Waals surface area contributed by atoms with Crippen molar-refractivity contribution >= 4 is 28.9 Å². The van der Waals surface area contributed by atoms with E-state index >= 15 is 0 Å². The molecule has 19 heavy (non-hydrogen) atoms. The van der Waals surface area contributed by atoms with Gasteiger partial charge in [0.1, 0.15) is 0 Å². The fourth-order valence-electron chi connectivity index (χ4n) is 2.33. The van der Waals surface area contributed by atoms with Gasteiger partial charge in [-0.2, -0.15) is 0 Å². The summed E-state index contributed by atoms with van der Waals surface area (Å²) < 4.78 is 0. The topological polar surface area (TPSA) is 58.4 Å². The number of benzene rings is 1. The Kier molecular flexibility index (Phi) is 4.20. The smallest absolute Gasteiger partial charge is 0.225 e. The highest BCUT2D eigenvalue weighted by Gasteiger charge is 2.31. The van der Waals surface area contributed by atoms with E-state index in [1.807, 2.05) is 11.0 Å². The summed E-state index contributed by atoms with van der Waals surface area (Å²) in [7, 11) is 0. The van der Waals surface area contributed by atoms with E-state index in [0.29, 0.717) is 23.2 Å². The second-order valence-corrected chi connectivity index (χ2v) is 5.49. The Balaban J connectivity index is 2.01. The number of likely N-dealkylation sites (tertiary alicyclic amines) is 1. The lowest BCUT2D eigenvalue weighted by atomic mass is 10.2. The number of halogens is 1. The number of carbonyl (C=O) groups excluding carboxylic acids is 1. The summed E-state index contributed by atoms with van der Waals surface area (Å²) >= 11 is 5.99. The first-order chi connectivity index (χ1) is 9.01. The van der Waals surface area contributed by atoms with Gasteiger partial charge in [-0.25, -0.2) is 0 Å². The average Bonchev–Trinajstić information content (AvgIpc) is 2.74. The maximum absolute atomic E-state index is 11.9. The molecule has 1 aliphatic heterocycles. The molecular formula is C14H20ClN3O. The van der Waals surface area contributed by atoms with Gasteiger partial charge in [-0.15, -0.1) is 0 Å². The Morgan fingerprint density at radius 1 is 1.58 bits per heavy atom. The lowest BCUT2D eigenvalue weighted by Crippen LogP contribution is -2.35. The van der Waals surface area contributed by atoms with Gasteiger partial charge >= 0.3 is 0 Å². The third-order valence-corrected chi connectivity index (χ3v) is 3.98. The molecule has 1 aromatic rings. The van der Waals surface area contributed by atoms with E-state index in [0.717, 1.165) is 18.7 Å². The SMILES string of the molecule is CCC(C)N1C[C@@H](Nc2ccc(N)c(Cl)c2)CC1=O. The van der Waals surface area contributed by atoms with Gasteiger partial charge in [0, 0.05) is 24.7 Å². The molecule has 1 unspecified atom stereocenters. The molecule has 0 aromatic heterocycles. The minimum atomic E-state index is 0.140. The minimum Gasteiger partial charge on any atom is -0.398 e. The van der Waals surface area contributed by atoms with Crippen molar-refractivity contribution in [2.75, 3.05) is 17.6 Å². The maximum Gasteiger partial charge on any atom is 0.225 e. The monoisotopic (exact) mass is 281 g/mol. The van der Waals surface area contributed by atoms with Crippen LogP contribution in [0.2, 0.25) is 5.02 Å². The number of hydrogen-bond acceptors (Lipinski definition) is 3. The normalized spacial score (nSPS) is 20.7. The van der Waals surface area contributed by atoms with Gasteiger partial charge in [-0.3, -0.25) is 4.79 Å². The van der Waals surface area contributed by atoms with Crippen LogP contribution >= 0.6 is 11.6 Å². The zero-order valence-corrected chi connectivity index (χ0v) is 12.1. The van der Waals surface area contributed by atoms with Crippen LogP contribution in [0.1, 0.15) is 26.7 Å². The van der Waals surface area contributed by atoms with Gasteiger partial charge in [0.2, 0.25) is 5.91 Å². The lowest BCUT2D eigenvalue weighted by Gasteiger charge is -2.23. The van der Waals surface area contributed by atoms with Crippen molar-refractivity contribution in [1.29, 1.82) is 0 Å². The third-order valence-electron chi connectivity index (χ3n) is 3.65. The number of nitrogens with two attached hydrogens (primary N) is 1. The molecule has 2 rings (SSSR count). The molecule has 1 aromatic carbocycles. The van der Waals surface area contributed by atoms with E-state index in [-0.39, 0.29) is 11.9 Å². The van der Waals surface area contributed by atoms with Gasteiger partial charge < -0.3 is 16.0 Å². The largest absolute Gasteiger partial charge is 0.398 e. The van der Waals surface area contributed by atoms with Crippen LogP contribution in [-0.2, 0) is 4.79 Å². The molecule has 0 radical (unpaired) electrons. The van der Waals surface area contributed by atoms with Crippen LogP contribution in [0.4, 0.5) is 11.4 Å². The van der Waals surface area contributed by atoms with E-state index in [9.17, 15) is 4.79 Å². The molecule has 5 heteroatoms. The number of rotatable bonds is 4. The first-order valence-electron chi connectivity index (χ1n) is 6.62. The predicted octanol–water partition coefficient (Wildman–Crippen LogP) is 2.73. The van der Waals surface area contributed by atoms with Crippen LogP contribution in [-0.4, -0.2) is 29.4 Å². The Hall–Kier alpha value is -1.42. The number of amides is 1. The van der Waals surface area contributed by atoms with E-state index in [1.165, 1.54) is 0 Å². The second-order valence-electron chi connectivity index (χ2n) is 5.09. The Morgan fingerprint density at radius 2 is 2.32 bits per heavy atom. The highest BCUT2D eigenvalue weighted by Crippen LogP contribution is 2.25. The number of nitrogens with zero attached hydrogens (tertiary/aromatic N) is 1. The standard InChI is InChI=1S/C14H20ClN3O/c1-3-9(2)18-8-11(7-14(18)19)17-10-4-5-13(16)12(15)6-10/h4-6,9,11,17H,3,7-8,16H2,1-2H3/t9?,11-/m0/s1. The van der Waals surface area contributed by atoms with Crippen LogP contribution in [0.25, 0.3) is 0 Å². The zero-order chi connectivity index (χ0) is 14.0. The number of anilines is 2. The van der Waals surface area contributed by atoms with Gasteiger partial charge in [0.15, 0.2) is 0 Å². The highest BCUT2D eigenvalue weighted by molar-refractivity contribution is 6.33. The number of nitrogens with one attached hydrogen (secondary N) is 1. The van der Waals surface area contributed by atoms with E-state index < -0.39 is 0 Å².